The summed E-state index contributed by atoms with van der Waals surface area (Å²) in [6.07, 6.45) is 4.77. The van der Waals surface area contributed by atoms with Crippen LogP contribution in [0.5, 0.6) is 0 Å². The Kier molecular flexibility index (Phi) is 7.23. The van der Waals surface area contributed by atoms with Gasteiger partial charge in [-0.15, -0.1) is 0 Å². The van der Waals surface area contributed by atoms with E-state index in [1.54, 1.807) is 13.0 Å². The van der Waals surface area contributed by atoms with E-state index in [1.165, 1.54) is 9.87 Å². The standard InChI is InChI=1S/C27H31N3O4S/c1-18-15-19(2)24(20(3)16-18)12-13-25-26(21(4)29-34-25)35(32,33)30-14-8-9-22(17-30)27(31)28-23-10-6-5-7-11-23/h5-7,10-13,15-16,22H,8-9,14,17H2,1-4H3,(H,28,31). The lowest BCUT2D eigenvalue weighted by Crippen LogP contribution is -2.43. The summed E-state index contributed by atoms with van der Waals surface area (Å²) in [5.74, 6) is -0.419. The van der Waals surface area contributed by atoms with Crippen molar-refractivity contribution in [3.05, 3.63) is 76.2 Å². The molecule has 0 saturated carbocycles. The van der Waals surface area contributed by atoms with Gasteiger partial charge in [-0.25, -0.2) is 8.42 Å². The summed E-state index contributed by atoms with van der Waals surface area (Å²) in [5.41, 5.74) is 5.39. The first-order chi connectivity index (χ1) is 16.7. The second-order valence-corrected chi connectivity index (χ2v) is 11.0. The summed E-state index contributed by atoms with van der Waals surface area (Å²) in [6.45, 7) is 8.19. The number of nitrogens with zero attached hydrogens (tertiary/aromatic N) is 2. The summed E-state index contributed by atoms with van der Waals surface area (Å²) in [4.78, 5) is 12.9. The number of piperidine rings is 1. The lowest BCUT2D eigenvalue weighted by Gasteiger charge is -2.31. The number of anilines is 1. The van der Waals surface area contributed by atoms with E-state index in [2.05, 4.69) is 22.6 Å². The Morgan fingerprint density at radius 3 is 2.46 bits per heavy atom. The van der Waals surface area contributed by atoms with Crippen LogP contribution in [0.4, 0.5) is 5.69 Å². The molecule has 0 bridgehead atoms. The molecule has 8 heteroatoms. The van der Waals surface area contributed by atoms with Gasteiger partial charge in [0.2, 0.25) is 15.9 Å². The molecule has 1 N–H and O–H groups in total. The molecule has 35 heavy (non-hydrogen) atoms. The lowest BCUT2D eigenvalue weighted by molar-refractivity contribution is -0.120. The number of nitrogens with one attached hydrogen (secondary N) is 1. The number of aromatic nitrogens is 1. The van der Waals surface area contributed by atoms with Crippen LogP contribution in [0.1, 0.15) is 46.5 Å². The fraction of sp³-hybridized carbons (Fsp3) is 0.333. The van der Waals surface area contributed by atoms with Gasteiger partial charge in [-0.05, 0) is 75.4 Å². The predicted octanol–water partition coefficient (Wildman–Crippen LogP) is 5.12. The van der Waals surface area contributed by atoms with Crippen LogP contribution in [-0.4, -0.2) is 36.9 Å². The largest absolute Gasteiger partial charge is 0.355 e. The molecule has 0 aliphatic carbocycles. The van der Waals surface area contributed by atoms with Crippen molar-refractivity contribution in [2.24, 2.45) is 5.92 Å². The van der Waals surface area contributed by atoms with Crippen LogP contribution in [-0.2, 0) is 14.8 Å². The number of para-hydroxylation sites is 1. The molecular formula is C27H31N3O4S. The number of carbonyl (C=O) groups excluding carboxylic acids is 1. The number of sulfonamides is 1. The van der Waals surface area contributed by atoms with Gasteiger partial charge in [0.1, 0.15) is 5.69 Å². The van der Waals surface area contributed by atoms with Crippen LogP contribution >= 0.6 is 0 Å². The fourth-order valence-electron chi connectivity index (χ4n) is 4.68. The van der Waals surface area contributed by atoms with Gasteiger partial charge in [0.15, 0.2) is 10.7 Å². The van der Waals surface area contributed by atoms with Crippen LogP contribution in [0.3, 0.4) is 0 Å². The van der Waals surface area contributed by atoms with Crippen LogP contribution in [0.15, 0.2) is 51.9 Å². The Labute approximate surface area is 206 Å². The summed E-state index contributed by atoms with van der Waals surface area (Å²) in [5, 5.41) is 6.84. The first kappa shape index (κ1) is 24.9. The van der Waals surface area contributed by atoms with Crippen molar-refractivity contribution in [2.45, 2.75) is 45.4 Å². The van der Waals surface area contributed by atoms with Crippen molar-refractivity contribution in [3.63, 3.8) is 0 Å². The van der Waals surface area contributed by atoms with E-state index < -0.39 is 15.9 Å². The maximum Gasteiger partial charge on any atom is 0.248 e. The van der Waals surface area contributed by atoms with Crippen molar-refractivity contribution >= 4 is 33.8 Å². The van der Waals surface area contributed by atoms with Gasteiger partial charge in [0.25, 0.3) is 0 Å². The number of amides is 1. The third-order valence-electron chi connectivity index (χ3n) is 6.37. The molecule has 0 spiro atoms. The molecule has 2 heterocycles. The predicted molar refractivity (Wildman–Crippen MR) is 137 cm³/mol. The summed E-state index contributed by atoms with van der Waals surface area (Å²) >= 11 is 0. The van der Waals surface area contributed by atoms with Gasteiger partial charge in [0.05, 0.1) is 5.92 Å². The molecule has 1 aromatic heterocycles. The molecule has 7 nitrogen and oxygen atoms in total. The number of hydrogen-bond donors (Lipinski definition) is 1. The highest BCUT2D eigenvalue weighted by atomic mass is 32.2. The monoisotopic (exact) mass is 493 g/mol. The average Bonchev–Trinajstić information content (AvgIpc) is 3.20. The first-order valence-electron chi connectivity index (χ1n) is 11.7. The van der Waals surface area contributed by atoms with Gasteiger partial charge >= 0.3 is 0 Å². The van der Waals surface area contributed by atoms with E-state index in [0.29, 0.717) is 30.8 Å². The topological polar surface area (TPSA) is 92.5 Å². The lowest BCUT2D eigenvalue weighted by atomic mass is 9.99. The maximum atomic E-state index is 13.7. The molecule has 1 atom stereocenters. The normalized spacial score (nSPS) is 17.1. The second-order valence-electron chi connectivity index (χ2n) is 9.16. The Hall–Kier alpha value is -3.23. The molecule has 0 radical (unpaired) electrons. The number of carbonyl (C=O) groups is 1. The third kappa shape index (κ3) is 5.39. The van der Waals surface area contributed by atoms with Gasteiger partial charge in [0, 0.05) is 18.8 Å². The van der Waals surface area contributed by atoms with Gasteiger partial charge in [-0.2, -0.15) is 4.31 Å². The average molecular weight is 494 g/mol. The first-order valence-corrected chi connectivity index (χ1v) is 13.2. The van der Waals surface area contributed by atoms with E-state index in [4.69, 9.17) is 4.52 Å². The number of benzene rings is 2. The summed E-state index contributed by atoms with van der Waals surface area (Å²) in [6, 6.07) is 13.4. The van der Waals surface area contributed by atoms with Crippen molar-refractivity contribution in [2.75, 3.05) is 18.4 Å². The van der Waals surface area contributed by atoms with Crippen LogP contribution < -0.4 is 5.32 Å². The highest BCUT2D eigenvalue weighted by Crippen LogP contribution is 2.30. The second kappa shape index (κ2) is 10.2. The SMILES string of the molecule is Cc1cc(C)c(C=Cc2onc(C)c2S(=O)(=O)N2CCCC(C(=O)Nc3ccccc3)C2)c(C)c1. The van der Waals surface area contributed by atoms with E-state index in [9.17, 15) is 13.2 Å². The molecule has 3 aromatic rings. The van der Waals surface area contributed by atoms with Crippen molar-refractivity contribution in [1.29, 1.82) is 0 Å². The number of rotatable bonds is 6. The third-order valence-corrected chi connectivity index (χ3v) is 8.39. The Morgan fingerprint density at radius 1 is 1.09 bits per heavy atom. The van der Waals surface area contributed by atoms with Gasteiger partial charge < -0.3 is 9.84 Å². The smallest absolute Gasteiger partial charge is 0.248 e. The van der Waals surface area contributed by atoms with Gasteiger partial charge in [-0.3, -0.25) is 4.79 Å². The zero-order valence-corrected chi connectivity index (χ0v) is 21.4. The molecule has 2 aromatic carbocycles. The molecule has 1 aliphatic heterocycles. The Bertz CT molecular complexity index is 1340. The molecule has 1 aliphatic rings. The summed E-state index contributed by atoms with van der Waals surface area (Å²) < 4.78 is 34.1. The minimum Gasteiger partial charge on any atom is -0.355 e. The number of aryl methyl sites for hydroxylation is 4. The van der Waals surface area contributed by atoms with Crippen LogP contribution in [0, 0.1) is 33.6 Å². The fourth-order valence-corrected chi connectivity index (χ4v) is 6.46. The van der Waals surface area contributed by atoms with Crippen LogP contribution in [0.25, 0.3) is 12.2 Å². The van der Waals surface area contributed by atoms with E-state index in [1.807, 2.05) is 57.2 Å². The van der Waals surface area contributed by atoms with E-state index in [0.717, 1.165) is 16.7 Å². The van der Waals surface area contributed by atoms with Crippen molar-refractivity contribution < 1.29 is 17.7 Å². The molecule has 1 saturated heterocycles. The zero-order chi connectivity index (χ0) is 25.2. The van der Waals surface area contributed by atoms with Gasteiger partial charge in [-0.1, -0.05) is 47.1 Å². The number of hydrogen-bond acceptors (Lipinski definition) is 5. The zero-order valence-electron chi connectivity index (χ0n) is 20.5. The minimum absolute atomic E-state index is 0.0558. The molecule has 184 valence electrons. The molecule has 4 rings (SSSR count). The molecule has 1 fully saturated rings. The minimum atomic E-state index is -3.90. The van der Waals surface area contributed by atoms with Crippen molar-refractivity contribution in [3.8, 4) is 0 Å². The summed E-state index contributed by atoms with van der Waals surface area (Å²) in [7, 11) is -3.90. The quantitative estimate of drug-likeness (QED) is 0.515. The maximum absolute atomic E-state index is 13.7. The highest BCUT2D eigenvalue weighted by molar-refractivity contribution is 7.89. The molecular weight excluding hydrogens is 462 g/mol. The Balaban J connectivity index is 1.57. The van der Waals surface area contributed by atoms with E-state index in [-0.39, 0.29) is 23.1 Å². The van der Waals surface area contributed by atoms with E-state index >= 15 is 0 Å². The molecule has 1 unspecified atom stereocenters. The Morgan fingerprint density at radius 2 is 1.77 bits per heavy atom. The van der Waals surface area contributed by atoms with Crippen LogP contribution in [0.2, 0.25) is 0 Å². The highest BCUT2D eigenvalue weighted by Gasteiger charge is 2.37. The van der Waals surface area contributed by atoms with Crippen molar-refractivity contribution in [1.82, 2.24) is 9.46 Å². The molecule has 1 amide bonds.